The van der Waals surface area contributed by atoms with Crippen molar-refractivity contribution in [3.63, 3.8) is 0 Å². The molecule has 2 rings (SSSR count). The molecule has 1 heterocycles. The molecular formula is C11H14ClFN2O2S. The lowest BCUT2D eigenvalue weighted by Crippen LogP contribution is -2.45. The molecule has 4 nitrogen and oxygen atoms in total. The second kappa shape index (κ2) is 5.52. The molecule has 1 saturated heterocycles. The van der Waals surface area contributed by atoms with Gasteiger partial charge in [0.1, 0.15) is 4.90 Å². The van der Waals surface area contributed by atoms with Crippen LogP contribution in [-0.4, -0.2) is 27.5 Å². The van der Waals surface area contributed by atoms with Crippen LogP contribution in [-0.2, 0) is 10.0 Å². The highest BCUT2D eigenvalue weighted by Crippen LogP contribution is 2.22. The minimum atomic E-state index is -3.86. The molecule has 1 aromatic carbocycles. The van der Waals surface area contributed by atoms with E-state index >= 15 is 0 Å². The van der Waals surface area contributed by atoms with E-state index in [-0.39, 0.29) is 11.1 Å². The maximum Gasteiger partial charge on any atom is 0.243 e. The zero-order valence-electron chi connectivity index (χ0n) is 9.62. The van der Waals surface area contributed by atoms with E-state index in [1.807, 2.05) is 0 Å². The predicted molar refractivity (Wildman–Crippen MR) is 67.6 cm³/mol. The quantitative estimate of drug-likeness (QED) is 0.888. The molecule has 0 aliphatic carbocycles. The summed E-state index contributed by atoms with van der Waals surface area (Å²) >= 11 is 5.58. The molecule has 1 aliphatic heterocycles. The molecule has 1 fully saturated rings. The van der Waals surface area contributed by atoms with Crippen molar-refractivity contribution >= 4 is 21.6 Å². The van der Waals surface area contributed by atoms with Crippen molar-refractivity contribution in [1.82, 2.24) is 10.0 Å². The van der Waals surface area contributed by atoms with Gasteiger partial charge < -0.3 is 5.32 Å². The average molecular weight is 293 g/mol. The minimum Gasteiger partial charge on any atom is -0.315 e. The van der Waals surface area contributed by atoms with Crippen LogP contribution in [0.3, 0.4) is 0 Å². The molecular weight excluding hydrogens is 279 g/mol. The van der Waals surface area contributed by atoms with Gasteiger partial charge in [-0.15, -0.1) is 0 Å². The first kappa shape index (κ1) is 13.7. The van der Waals surface area contributed by atoms with E-state index in [2.05, 4.69) is 10.0 Å². The van der Waals surface area contributed by atoms with Crippen LogP contribution < -0.4 is 10.0 Å². The van der Waals surface area contributed by atoms with Gasteiger partial charge in [0.15, 0.2) is 5.82 Å². The van der Waals surface area contributed by atoms with E-state index in [4.69, 9.17) is 11.6 Å². The number of halogens is 2. The Morgan fingerprint density at radius 3 is 2.89 bits per heavy atom. The highest BCUT2D eigenvalue weighted by molar-refractivity contribution is 7.89. The summed E-state index contributed by atoms with van der Waals surface area (Å²) < 4.78 is 40.2. The summed E-state index contributed by atoms with van der Waals surface area (Å²) in [6.07, 6.45) is 1.64. The van der Waals surface area contributed by atoms with Gasteiger partial charge in [0.2, 0.25) is 10.0 Å². The fraction of sp³-hybridized carbons (Fsp3) is 0.455. The molecule has 0 unspecified atom stereocenters. The number of sulfonamides is 1. The highest BCUT2D eigenvalue weighted by atomic mass is 35.5. The van der Waals surface area contributed by atoms with Crippen LogP contribution in [0.1, 0.15) is 12.8 Å². The fourth-order valence-corrected chi connectivity index (χ4v) is 3.53. The van der Waals surface area contributed by atoms with Crippen LogP contribution in [0.2, 0.25) is 5.02 Å². The molecule has 0 saturated carbocycles. The van der Waals surface area contributed by atoms with Crippen molar-refractivity contribution in [2.24, 2.45) is 0 Å². The van der Waals surface area contributed by atoms with E-state index < -0.39 is 20.7 Å². The lowest BCUT2D eigenvalue weighted by atomic mass is 10.1. The van der Waals surface area contributed by atoms with E-state index in [0.717, 1.165) is 19.4 Å². The Labute approximate surface area is 111 Å². The van der Waals surface area contributed by atoms with E-state index in [1.54, 1.807) is 0 Å². The van der Waals surface area contributed by atoms with Gasteiger partial charge >= 0.3 is 0 Å². The van der Waals surface area contributed by atoms with Crippen molar-refractivity contribution in [3.8, 4) is 0 Å². The first-order valence-electron chi connectivity index (χ1n) is 5.68. The first-order valence-corrected chi connectivity index (χ1v) is 7.54. The van der Waals surface area contributed by atoms with E-state index in [9.17, 15) is 12.8 Å². The maximum atomic E-state index is 13.7. The van der Waals surface area contributed by atoms with E-state index in [1.165, 1.54) is 18.2 Å². The number of hydrogen-bond acceptors (Lipinski definition) is 3. The molecule has 2 N–H and O–H groups in total. The molecule has 0 spiro atoms. The summed E-state index contributed by atoms with van der Waals surface area (Å²) in [5.74, 6) is -0.907. The van der Waals surface area contributed by atoms with Crippen molar-refractivity contribution in [1.29, 1.82) is 0 Å². The summed E-state index contributed by atoms with van der Waals surface area (Å²) in [5, 5.41) is 2.89. The normalized spacial score (nSPS) is 20.9. The summed E-state index contributed by atoms with van der Waals surface area (Å²) in [6.45, 7) is 1.44. The zero-order valence-corrected chi connectivity index (χ0v) is 11.2. The minimum absolute atomic E-state index is 0.195. The molecule has 0 bridgehead atoms. The zero-order chi connectivity index (χ0) is 13.2. The largest absolute Gasteiger partial charge is 0.315 e. The molecule has 1 aliphatic rings. The van der Waals surface area contributed by atoms with Crippen LogP contribution in [0.5, 0.6) is 0 Å². The van der Waals surface area contributed by atoms with Gasteiger partial charge in [-0.3, -0.25) is 0 Å². The van der Waals surface area contributed by atoms with Gasteiger partial charge in [0, 0.05) is 12.6 Å². The van der Waals surface area contributed by atoms with Crippen molar-refractivity contribution in [2.75, 3.05) is 13.1 Å². The molecule has 7 heteroatoms. The molecule has 0 aromatic heterocycles. The smallest absolute Gasteiger partial charge is 0.243 e. The van der Waals surface area contributed by atoms with Crippen LogP contribution in [0.4, 0.5) is 4.39 Å². The molecule has 1 atom stereocenters. The summed E-state index contributed by atoms with van der Waals surface area (Å²) in [4.78, 5) is -0.402. The SMILES string of the molecule is O=S(=O)(N[C@@H]1CCCNC1)c1cccc(Cl)c1F. The third kappa shape index (κ3) is 3.00. The fourth-order valence-electron chi connectivity index (χ4n) is 1.93. The monoisotopic (exact) mass is 292 g/mol. The Hall–Kier alpha value is -0.690. The molecule has 100 valence electrons. The molecule has 0 amide bonds. The maximum absolute atomic E-state index is 13.7. The highest BCUT2D eigenvalue weighted by Gasteiger charge is 2.25. The lowest BCUT2D eigenvalue weighted by Gasteiger charge is -2.23. The Kier molecular flexibility index (Phi) is 4.21. The number of nitrogens with one attached hydrogen (secondary N) is 2. The Morgan fingerprint density at radius 1 is 1.44 bits per heavy atom. The second-order valence-electron chi connectivity index (χ2n) is 4.22. The predicted octanol–water partition coefficient (Wildman–Crippen LogP) is 1.51. The van der Waals surface area contributed by atoms with Crippen LogP contribution in [0.25, 0.3) is 0 Å². The second-order valence-corrected chi connectivity index (χ2v) is 6.31. The standard InChI is InChI=1S/C11H14ClFN2O2S/c12-9-4-1-5-10(11(9)13)18(16,17)15-8-3-2-6-14-7-8/h1,4-5,8,14-15H,2-3,6-7H2/t8-/m1/s1. The number of hydrogen-bond donors (Lipinski definition) is 2. The average Bonchev–Trinajstić information content (AvgIpc) is 2.33. The molecule has 0 radical (unpaired) electrons. The van der Waals surface area contributed by atoms with Gasteiger partial charge in [-0.05, 0) is 31.5 Å². The van der Waals surface area contributed by atoms with Gasteiger partial charge in [-0.1, -0.05) is 17.7 Å². The summed E-state index contributed by atoms with van der Waals surface area (Å²) in [5.41, 5.74) is 0. The number of benzene rings is 1. The molecule has 18 heavy (non-hydrogen) atoms. The van der Waals surface area contributed by atoms with Gasteiger partial charge in [-0.2, -0.15) is 0 Å². The van der Waals surface area contributed by atoms with Crippen molar-refractivity contribution in [3.05, 3.63) is 29.0 Å². The summed E-state index contributed by atoms with van der Waals surface area (Å²) in [6, 6.07) is 3.74. The van der Waals surface area contributed by atoms with Crippen molar-refractivity contribution in [2.45, 2.75) is 23.8 Å². The third-order valence-electron chi connectivity index (χ3n) is 2.82. The lowest BCUT2D eigenvalue weighted by molar-refractivity contribution is 0.427. The van der Waals surface area contributed by atoms with Crippen LogP contribution >= 0.6 is 11.6 Å². The van der Waals surface area contributed by atoms with Crippen LogP contribution in [0.15, 0.2) is 23.1 Å². The first-order chi connectivity index (χ1) is 8.50. The van der Waals surface area contributed by atoms with Gasteiger partial charge in [-0.25, -0.2) is 17.5 Å². The summed E-state index contributed by atoms with van der Waals surface area (Å²) in [7, 11) is -3.86. The number of piperidine rings is 1. The topological polar surface area (TPSA) is 58.2 Å². The van der Waals surface area contributed by atoms with E-state index in [0.29, 0.717) is 6.54 Å². The van der Waals surface area contributed by atoms with Gasteiger partial charge in [0.05, 0.1) is 5.02 Å². The van der Waals surface area contributed by atoms with Crippen LogP contribution in [0, 0.1) is 5.82 Å². The molecule has 1 aromatic rings. The third-order valence-corrected chi connectivity index (χ3v) is 4.65. The number of rotatable bonds is 3. The Balaban J connectivity index is 2.22. The van der Waals surface area contributed by atoms with Crippen molar-refractivity contribution < 1.29 is 12.8 Å². The Bertz CT molecular complexity index is 530. The van der Waals surface area contributed by atoms with Gasteiger partial charge in [0.25, 0.3) is 0 Å². The Morgan fingerprint density at radius 2 is 2.22 bits per heavy atom.